The predicted molar refractivity (Wildman–Crippen MR) is 70.0 cm³/mol. The largest absolute Gasteiger partial charge is 0.368 e. The van der Waals surface area contributed by atoms with Gasteiger partial charge in [0.25, 0.3) is 0 Å². The highest BCUT2D eigenvalue weighted by Crippen LogP contribution is 2.22. The third-order valence-electron chi connectivity index (χ3n) is 3.46. The second-order valence-corrected chi connectivity index (χ2v) is 4.89. The lowest BCUT2D eigenvalue weighted by molar-refractivity contribution is 0.209. The van der Waals surface area contributed by atoms with Gasteiger partial charge >= 0.3 is 0 Å². The van der Waals surface area contributed by atoms with Gasteiger partial charge in [0, 0.05) is 32.2 Å². The molecule has 2 rings (SSSR count). The van der Waals surface area contributed by atoms with E-state index in [1.807, 2.05) is 0 Å². The smallest absolute Gasteiger partial charge is 0.124 e. The maximum atomic E-state index is 13.1. The Balaban J connectivity index is 2.13. The monoisotopic (exact) mass is 247 g/mol. The van der Waals surface area contributed by atoms with Gasteiger partial charge in [-0.25, -0.2) is 4.39 Å². The van der Waals surface area contributed by atoms with Crippen molar-refractivity contribution in [3.05, 3.63) is 29.6 Å². The molecule has 1 aliphatic rings. The van der Waals surface area contributed by atoms with Gasteiger partial charge in [0.2, 0.25) is 0 Å². The second kappa shape index (κ2) is 5.36. The molecular weight excluding hydrogens is 229 g/mol. The van der Waals surface area contributed by atoms with Crippen molar-refractivity contribution in [3.8, 4) is 6.07 Å². The fourth-order valence-electron chi connectivity index (χ4n) is 2.35. The zero-order valence-corrected chi connectivity index (χ0v) is 10.9. The van der Waals surface area contributed by atoms with Gasteiger partial charge in [0.05, 0.1) is 11.3 Å². The Morgan fingerprint density at radius 3 is 2.44 bits per heavy atom. The maximum Gasteiger partial charge on any atom is 0.124 e. The third kappa shape index (κ3) is 2.62. The Morgan fingerprint density at radius 2 is 1.89 bits per heavy atom. The quantitative estimate of drug-likeness (QED) is 0.803. The van der Waals surface area contributed by atoms with Crippen LogP contribution >= 0.6 is 0 Å². The summed E-state index contributed by atoms with van der Waals surface area (Å²) >= 11 is 0. The predicted octanol–water partition coefficient (Wildman–Crippen LogP) is 2.23. The molecule has 0 saturated carbocycles. The minimum absolute atomic E-state index is 0.351. The first-order chi connectivity index (χ1) is 8.61. The SMILES string of the molecule is CC(C)N1CCN(c2ccc(F)cc2C#N)CC1. The van der Waals surface area contributed by atoms with Crippen molar-refractivity contribution in [2.75, 3.05) is 31.1 Å². The summed E-state index contributed by atoms with van der Waals surface area (Å²) in [6.07, 6.45) is 0. The fraction of sp³-hybridized carbons (Fsp3) is 0.500. The maximum absolute atomic E-state index is 13.1. The topological polar surface area (TPSA) is 30.3 Å². The lowest BCUT2D eigenvalue weighted by Crippen LogP contribution is -2.49. The van der Waals surface area contributed by atoms with E-state index in [0.29, 0.717) is 11.6 Å². The number of hydrogen-bond donors (Lipinski definition) is 0. The first kappa shape index (κ1) is 12.8. The van der Waals surface area contributed by atoms with E-state index in [9.17, 15) is 4.39 Å². The first-order valence-electron chi connectivity index (χ1n) is 6.30. The highest BCUT2D eigenvalue weighted by Gasteiger charge is 2.20. The zero-order valence-electron chi connectivity index (χ0n) is 10.9. The normalized spacial score (nSPS) is 16.9. The van der Waals surface area contributed by atoms with Crippen LogP contribution in [0, 0.1) is 17.1 Å². The van der Waals surface area contributed by atoms with Gasteiger partial charge in [-0.3, -0.25) is 4.90 Å². The highest BCUT2D eigenvalue weighted by molar-refractivity contribution is 5.59. The molecule has 1 aromatic rings. The van der Waals surface area contributed by atoms with Crippen molar-refractivity contribution in [1.82, 2.24) is 4.90 Å². The first-order valence-corrected chi connectivity index (χ1v) is 6.30. The van der Waals surface area contributed by atoms with Crippen LogP contribution in [0.15, 0.2) is 18.2 Å². The molecule has 1 aliphatic heterocycles. The average Bonchev–Trinajstić information content (AvgIpc) is 2.38. The van der Waals surface area contributed by atoms with E-state index in [0.717, 1.165) is 31.9 Å². The summed E-state index contributed by atoms with van der Waals surface area (Å²) in [6, 6.07) is 7.06. The van der Waals surface area contributed by atoms with Crippen LogP contribution in [0.1, 0.15) is 19.4 Å². The Hall–Kier alpha value is -1.60. The van der Waals surface area contributed by atoms with Crippen LogP contribution in [0.5, 0.6) is 0 Å². The molecule has 0 unspecified atom stereocenters. The summed E-state index contributed by atoms with van der Waals surface area (Å²) in [7, 11) is 0. The van der Waals surface area contributed by atoms with Gasteiger partial charge in [-0.1, -0.05) is 0 Å². The van der Waals surface area contributed by atoms with Gasteiger partial charge in [-0.2, -0.15) is 5.26 Å². The molecule has 0 aliphatic carbocycles. The Kier molecular flexibility index (Phi) is 3.83. The van der Waals surface area contributed by atoms with Crippen LogP contribution in [0.2, 0.25) is 0 Å². The molecule has 0 amide bonds. The molecule has 3 nitrogen and oxygen atoms in total. The number of anilines is 1. The minimum atomic E-state index is -0.351. The van der Waals surface area contributed by atoms with Crippen molar-refractivity contribution in [2.45, 2.75) is 19.9 Å². The van der Waals surface area contributed by atoms with E-state index >= 15 is 0 Å². The molecule has 18 heavy (non-hydrogen) atoms. The van der Waals surface area contributed by atoms with E-state index < -0.39 is 0 Å². The highest BCUT2D eigenvalue weighted by atomic mass is 19.1. The lowest BCUT2D eigenvalue weighted by atomic mass is 10.1. The molecule has 0 spiro atoms. The summed E-state index contributed by atoms with van der Waals surface area (Å²) in [5.74, 6) is -0.351. The van der Waals surface area contributed by atoms with Crippen LogP contribution < -0.4 is 4.90 Å². The number of benzene rings is 1. The zero-order chi connectivity index (χ0) is 13.1. The van der Waals surface area contributed by atoms with Crippen LogP contribution in [-0.4, -0.2) is 37.1 Å². The van der Waals surface area contributed by atoms with E-state index in [1.165, 1.54) is 12.1 Å². The summed E-state index contributed by atoms with van der Waals surface area (Å²) in [6.45, 7) is 8.12. The van der Waals surface area contributed by atoms with Crippen molar-refractivity contribution < 1.29 is 4.39 Å². The standard InChI is InChI=1S/C14H18FN3/c1-11(2)17-5-7-18(8-6-17)14-4-3-13(15)9-12(14)10-16/h3-4,9,11H,5-8H2,1-2H3. The van der Waals surface area contributed by atoms with Crippen molar-refractivity contribution in [3.63, 3.8) is 0 Å². The summed E-state index contributed by atoms with van der Waals surface area (Å²) in [5, 5.41) is 9.06. The molecule has 1 saturated heterocycles. The summed E-state index contributed by atoms with van der Waals surface area (Å²) in [4.78, 5) is 4.57. The number of halogens is 1. The number of rotatable bonds is 2. The third-order valence-corrected chi connectivity index (χ3v) is 3.46. The van der Waals surface area contributed by atoms with Crippen LogP contribution in [0.4, 0.5) is 10.1 Å². The molecule has 0 atom stereocenters. The molecule has 0 aromatic heterocycles. The second-order valence-electron chi connectivity index (χ2n) is 4.89. The molecule has 96 valence electrons. The van der Waals surface area contributed by atoms with Crippen LogP contribution in [0.25, 0.3) is 0 Å². The van der Waals surface area contributed by atoms with Crippen LogP contribution in [0.3, 0.4) is 0 Å². The molecule has 1 heterocycles. The minimum Gasteiger partial charge on any atom is -0.368 e. The van der Waals surface area contributed by atoms with Gasteiger partial charge < -0.3 is 4.90 Å². The average molecular weight is 247 g/mol. The fourth-order valence-corrected chi connectivity index (χ4v) is 2.35. The van der Waals surface area contributed by atoms with Gasteiger partial charge in [-0.05, 0) is 32.0 Å². The van der Waals surface area contributed by atoms with Crippen LogP contribution in [-0.2, 0) is 0 Å². The molecule has 0 bridgehead atoms. The molecule has 1 fully saturated rings. The van der Waals surface area contributed by atoms with Gasteiger partial charge in [0.15, 0.2) is 0 Å². The molecule has 0 N–H and O–H groups in total. The van der Waals surface area contributed by atoms with E-state index in [2.05, 4.69) is 29.7 Å². The van der Waals surface area contributed by atoms with Crippen molar-refractivity contribution in [2.24, 2.45) is 0 Å². The van der Waals surface area contributed by atoms with E-state index in [-0.39, 0.29) is 5.82 Å². The Labute approximate surface area is 107 Å². The molecular formula is C14H18FN3. The van der Waals surface area contributed by atoms with Crippen molar-refractivity contribution in [1.29, 1.82) is 5.26 Å². The number of piperazine rings is 1. The van der Waals surface area contributed by atoms with E-state index in [1.54, 1.807) is 6.07 Å². The van der Waals surface area contributed by atoms with Gasteiger partial charge in [-0.15, -0.1) is 0 Å². The Morgan fingerprint density at radius 1 is 1.22 bits per heavy atom. The number of nitrogens with zero attached hydrogens (tertiary/aromatic N) is 3. The Bertz CT molecular complexity index is 457. The lowest BCUT2D eigenvalue weighted by Gasteiger charge is -2.38. The van der Waals surface area contributed by atoms with E-state index in [4.69, 9.17) is 5.26 Å². The number of hydrogen-bond acceptors (Lipinski definition) is 3. The van der Waals surface area contributed by atoms with Crippen molar-refractivity contribution >= 4 is 5.69 Å². The molecule has 4 heteroatoms. The summed E-state index contributed by atoms with van der Waals surface area (Å²) in [5.41, 5.74) is 1.27. The number of nitriles is 1. The summed E-state index contributed by atoms with van der Waals surface area (Å²) < 4.78 is 13.1. The molecule has 0 radical (unpaired) electrons. The molecule has 1 aromatic carbocycles. The van der Waals surface area contributed by atoms with Gasteiger partial charge in [0.1, 0.15) is 11.9 Å².